The molecule has 0 heterocycles. The summed E-state index contributed by atoms with van der Waals surface area (Å²) in [7, 11) is 5.45. The summed E-state index contributed by atoms with van der Waals surface area (Å²) in [6, 6.07) is 4.19. The average molecular weight is 193 g/mol. The molecule has 0 saturated carbocycles. The van der Waals surface area contributed by atoms with Crippen molar-refractivity contribution in [3.8, 4) is 5.75 Å². The summed E-state index contributed by atoms with van der Waals surface area (Å²) in [4.78, 5) is 0. The van der Waals surface area contributed by atoms with Crippen LogP contribution in [0.5, 0.6) is 5.75 Å². The Morgan fingerprint density at radius 1 is 1.29 bits per heavy atom. The van der Waals surface area contributed by atoms with Gasteiger partial charge in [-0.1, -0.05) is 6.07 Å². The molecule has 14 heavy (non-hydrogen) atoms. The Balaban J connectivity index is 2.92. The van der Waals surface area contributed by atoms with Gasteiger partial charge < -0.3 is 10.1 Å². The SMILES string of the molecule is [CH2-][NH2+]CCc1ccc(OC)c(C)c1C. The first-order valence-corrected chi connectivity index (χ1v) is 4.94. The molecule has 0 spiro atoms. The minimum Gasteiger partial charge on any atom is -0.496 e. The van der Waals surface area contributed by atoms with Crippen molar-refractivity contribution in [1.29, 1.82) is 0 Å². The summed E-state index contributed by atoms with van der Waals surface area (Å²) in [6.45, 7) is 5.29. The number of nitrogens with two attached hydrogens (primary N) is 1. The van der Waals surface area contributed by atoms with Crippen LogP contribution in [0.25, 0.3) is 0 Å². The predicted molar refractivity (Wildman–Crippen MR) is 58.3 cm³/mol. The Hall–Kier alpha value is -1.02. The standard InChI is InChI=1S/C12H19NO/c1-9-10(2)12(14-4)6-5-11(9)7-8-13-3/h5-6H,3,7-8,13H2,1-2,4H3. The third-order valence-corrected chi connectivity index (χ3v) is 2.69. The van der Waals surface area contributed by atoms with Crippen LogP contribution in [0.15, 0.2) is 12.1 Å². The van der Waals surface area contributed by atoms with Crippen LogP contribution in [-0.4, -0.2) is 13.7 Å². The highest BCUT2D eigenvalue weighted by Crippen LogP contribution is 2.23. The zero-order chi connectivity index (χ0) is 10.6. The highest BCUT2D eigenvalue weighted by molar-refractivity contribution is 5.43. The number of ether oxygens (including phenoxy) is 1. The fourth-order valence-electron chi connectivity index (χ4n) is 1.60. The minimum atomic E-state index is 0.977. The van der Waals surface area contributed by atoms with Gasteiger partial charge in [0.05, 0.1) is 13.7 Å². The monoisotopic (exact) mass is 193 g/mol. The Bertz CT molecular complexity index is 307. The lowest BCUT2D eigenvalue weighted by atomic mass is 10.00. The molecule has 0 atom stereocenters. The second-order valence-corrected chi connectivity index (χ2v) is 3.50. The van der Waals surface area contributed by atoms with E-state index in [0.717, 1.165) is 18.7 Å². The summed E-state index contributed by atoms with van der Waals surface area (Å²) in [5.41, 5.74) is 3.98. The van der Waals surface area contributed by atoms with Crippen molar-refractivity contribution in [2.75, 3.05) is 13.7 Å². The number of methoxy groups -OCH3 is 1. The maximum Gasteiger partial charge on any atom is 0.122 e. The van der Waals surface area contributed by atoms with E-state index < -0.39 is 0 Å². The maximum atomic E-state index is 5.27. The van der Waals surface area contributed by atoms with Gasteiger partial charge in [-0.2, -0.15) is 7.05 Å². The van der Waals surface area contributed by atoms with Crippen LogP contribution in [0, 0.1) is 20.9 Å². The van der Waals surface area contributed by atoms with Crippen LogP contribution < -0.4 is 10.1 Å². The minimum absolute atomic E-state index is 0.977. The van der Waals surface area contributed by atoms with Crippen molar-refractivity contribution in [2.45, 2.75) is 20.3 Å². The zero-order valence-electron chi connectivity index (χ0n) is 9.26. The number of hydrogen-bond donors (Lipinski definition) is 1. The first-order chi connectivity index (χ1) is 6.70. The Kier molecular flexibility index (Phi) is 3.96. The number of rotatable bonds is 4. The molecular weight excluding hydrogens is 174 g/mol. The van der Waals surface area contributed by atoms with Crippen LogP contribution >= 0.6 is 0 Å². The molecule has 0 aromatic heterocycles. The zero-order valence-corrected chi connectivity index (χ0v) is 9.26. The van der Waals surface area contributed by atoms with Gasteiger partial charge in [-0.15, -0.1) is 0 Å². The van der Waals surface area contributed by atoms with Gasteiger partial charge in [-0.05, 0) is 36.6 Å². The Labute approximate surface area is 86.3 Å². The van der Waals surface area contributed by atoms with Crippen LogP contribution in [0.4, 0.5) is 0 Å². The van der Waals surface area contributed by atoms with Gasteiger partial charge in [0.15, 0.2) is 0 Å². The van der Waals surface area contributed by atoms with E-state index >= 15 is 0 Å². The van der Waals surface area contributed by atoms with E-state index in [1.807, 2.05) is 11.4 Å². The van der Waals surface area contributed by atoms with Gasteiger partial charge in [0, 0.05) is 6.42 Å². The summed E-state index contributed by atoms with van der Waals surface area (Å²) in [6.07, 6.45) is 1.07. The van der Waals surface area contributed by atoms with Gasteiger partial charge in [0.25, 0.3) is 0 Å². The molecule has 2 nitrogen and oxygen atoms in total. The smallest absolute Gasteiger partial charge is 0.122 e. The summed E-state index contributed by atoms with van der Waals surface area (Å²) in [5.74, 6) is 0.977. The Morgan fingerprint density at radius 2 is 2.00 bits per heavy atom. The molecule has 1 aromatic carbocycles. The van der Waals surface area contributed by atoms with E-state index in [-0.39, 0.29) is 0 Å². The lowest BCUT2D eigenvalue weighted by Crippen LogP contribution is -2.77. The van der Waals surface area contributed by atoms with Crippen molar-refractivity contribution in [3.05, 3.63) is 35.9 Å². The van der Waals surface area contributed by atoms with E-state index in [1.165, 1.54) is 16.7 Å². The average Bonchev–Trinajstić information content (AvgIpc) is 2.20. The second kappa shape index (κ2) is 5.01. The molecule has 1 aromatic rings. The lowest BCUT2D eigenvalue weighted by molar-refractivity contribution is -0.594. The molecule has 0 fully saturated rings. The van der Waals surface area contributed by atoms with Crippen LogP contribution in [0.1, 0.15) is 16.7 Å². The first kappa shape index (κ1) is 11.1. The molecule has 0 bridgehead atoms. The molecule has 0 aliphatic heterocycles. The van der Waals surface area contributed by atoms with E-state index in [2.05, 4.69) is 27.0 Å². The van der Waals surface area contributed by atoms with E-state index in [0.29, 0.717) is 0 Å². The van der Waals surface area contributed by atoms with Gasteiger partial charge in [0.1, 0.15) is 5.75 Å². The summed E-state index contributed by atoms with van der Waals surface area (Å²) < 4.78 is 5.27. The van der Waals surface area contributed by atoms with Crippen molar-refractivity contribution >= 4 is 0 Å². The Morgan fingerprint density at radius 3 is 2.57 bits per heavy atom. The normalized spacial score (nSPS) is 10.3. The summed E-state index contributed by atoms with van der Waals surface area (Å²) >= 11 is 0. The molecule has 0 amide bonds. The molecular formula is C12H19NO. The molecule has 2 N–H and O–H groups in total. The second-order valence-electron chi connectivity index (χ2n) is 3.50. The lowest BCUT2D eigenvalue weighted by Gasteiger charge is -2.12. The topological polar surface area (TPSA) is 25.8 Å². The van der Waals surface area contributed by atoms with Gasteiger partial charge >= 0.3 is 0 Å². The fourth-order valence-corrected chi connectivity index (χ4v) is 1.60. The van der Waals surface area contributed by atoms with Gasteiger partial charge in [-0.25, -0.2) is 0 Å². The van der Waals surface area contributed by atoms with Crippen LogP contribution in [-0.2, 0) is 6.42 Å². The highest BCUT2D eigenvalue weighted by Gasteiger charge is 2.05. The maximum absolute atomic E-state index is 5.27. The van der Waals surface area contributed by atoms with Crippen molar-refractivity contribution in [2.24, 2.45) is 0 Å². The van der Waals surface area contributed by atoms with Crippen LogP contribution in [0.3, 0.4) is 0 Å². The molecule has 0 saturated heterocycles. The predicted octanol–water partition coefficient (Wildman–Crippen LogP) is 1.21. The van der Waals surface area contributed by atoms with Crippen molar-refractivity contribution in [1.82, 2.24) is 0 Å². The number of benzene rings is 1. The molecule has 2 heteroatoms. The first-order valence-electron chi connectivity index (χ1n) is 4.94. The van der Waals surface area contributed by atoms with E-state index in [4.69, 9.17) is 4.74 Å². The van der Waals surface area contributed by atoms with Crippen molar-refractivity contribution in [3.63, 3.8) is 0 Å². The summed E-state index contributed by atoms with van der Waals surface area (Å²) in [5, 5.41) is 1.96. The quantitative estimate of drug-likeness (QED) is 0.715. The molecule has 0 aliphatic carbocycles. The molecule has 0 unspecified atom stereocenters. The third kappa shape index (κ3) is 2.26. The third-order valence-electron chi connectivity index (χ3n) is 2.69. The van der Waals surface area contributed by atoms with Crippen LogP contribution in [0.2, 0.25) is 0 Å². The number of hydrogen-bond acceptors (Lipinski definition) is 1. The highest BCUT2D eigenvalue weighted by atomic mass is 16.5. The fraction of sp³-hybridized carbons (Fsp3) is 0.417. The van der Waals surface area contributed by atoms with Gasteiger partial charge in [0.2, 0.25) is 0 Å². The van der Waals surface area contributed by atoms with Gasteiger partial charge in [-0.3, -0.25) is 0 Å². The number of quaternary nitrogens is 1. The molecule has 0 radical (unpaired) electrons. The van der Waals surface area contributed by atoms with Crippen molar-refractivity contribution < 1.29 is 10.1 Å². The van der Waals surface area contributed by atoms with E-state index in [1.54, 1.807) is 7.11 Å². The molecule has 1 rings (SSSR count). The molecule has 0 aliphatic rings. The largest absolute Gasteiger partial charge is 0.496 e. The van der Waals surface area contributed by atoms with E-state index in [9.17, 15) is 0 Å². The molecule has 78 valence electrons.